The minimum Gasteiger partial charge on any atom is -0.491 e. The highest BCUT2D eigenvalue weighted by Crippen LogP contribution is 2.23. The summed E-state index contributed by atoms with van der Waals surface area (Å²) in [4.78, 5) is 0. The number of aryl methyl sites for hydroxylation is 1. The first-order valence-corrected chi connectivity index (χ1v) is 6.34. The monoisotopic (exact) mass is 285 g/mol. The molecule has 2 aromatic rings. The van der Waals surface area contributed by atoms with Gasteiger partial charge in [-0.25, -0.2) is 4.39 Å². The highest BCUT2D eigenvalue weighted by Gasteiger charge is 2.08. The zero-order valence-electron chi connectivity index (χ0n) is 10.3. The van der Waals surface area contributed by atoms with Crippen molar-refractivity contribution in [2.24, 2.45) is 0 Å². The van der Waals surface area contributed by atoms with E-state index in [2.05, 4.69) is 15.5 Å². The molecule has 0 spiro atoms. The van der Waals surface area contributed by atoms with Crippen LogP contribution in [-0.2, 0) is 6.42 Å². The molecule has 0 saturated carbocycles. The van der Waals surface area contributed by atoms with Gasteiger partial charge in [0.25, 0.3) is 0 Å². The molecular weight excluding hydrogens is 273 g/mol. The average Bonchev–Trinajstić information content (AvgIpc) is 2.81. The minimum atomic E-state index is -0.452. The van der Waals surface area contributed by atoms with Crippen LogP contribution >= 0.6 is 11.6 Å². The molecule has 0 saturated heterocycles. The number of alkyl halides is 1. The average molecular weight is 286 g/mol. The molecule has 0 aliphatic carbocycles. The van der Waals surface area contributed by atoms with Crippen LogP contribution in [0.2, 0.25) is 0 Å². The third-order valence-corrected chi connectivity index (χ3v) is 2.45. The number of halogens is 2. The van der Waals surface area contributed by atoms with Crippen molar-refractivity contribution in [3.63, 3.8) is 0 Å². The Kier molecular flexibility index (Phi) is 4.57. The molecular formula is C12H13ClFN3O2. The van der Waals surface area contributed by atoms with Gasteiger partial charge >= 0.3 is 6.01 Å². The maximum atomic E-state index is 13.6. The number of nitrogens with zero attached hydrogens (tertiary/aromatic N) is 2. The van der Waals surface area contributed by atoms with Crippen LogP contribution in [0.3, 0.4) is 0 Å². The van der Waals surface area contributed by atoms with Gasteiger partial charge in [-0.2, -0.15) is 0 Å². The van der Waals surface area contributed by atoms with E-state index in [0.29, 0.717) is 30.5 Å². The van der Waals surface area contributed by atoms with Gasteiger partial charge in [-0.05, 0) is 19.1 Å². The summed E-state index contributed by atoms with van der Waals surface area (Å²) in [5, 5.41) is 10.4. The van der Waals surface area contributed by atoms with E-state index in [1.807, 2.05) is 0 Å². The summed E-state index contributed by atoms with van der Waals surface area (Å²) in [5.41, 5.74) is 0.502. The van der Waals surface area contributed by atoms with Crippen LogP contribution in [0.25, 0.3) is 0 Å². The zero-order valence-corrected chi connectivity index (χ0v) is 11.1. The molecule has 0 bridgehead atoms. The highest BCUT2D eigenvalue weighted by atomic mass is 35.5. The van der Waals surface area contributed by atoms with Crippen molar-refractivity contribution in [1.82, 2.24) is 10.2 Å². The van der Waals surface area contributed by atoms with Gasteiger partial charge in [-0.1, -0.05) is 5.10 Å². The summed E-state index contributed by atoms with van der Waals surface area (Å²) in [6.07, 6.45) is 0.494. The predicted octanol–water partition coefficient (Wildman–Crippen LogP) is 3.13. The Morgan fingerprint density at radius 3 is 2.95 bits per heavy atom. The normalized spacial score (nSPS) is 10.5. The molecule has 0 aliphatic heterocycles. The standard InChI is InChI=1S/C12H13ClFN3O2/c1-2-18-10-4-3-8(7-9(10)14)15-12-17-16-11(19-12)5-6-13/h3-4,7H,2,5-6H2,1H3,(H,15,17). The number of benzene rings is 1. The van der Waals surface area contributed by atoms with Crippen LogP contribution in [0.5, 0.6) is 5.75 Å². The van der Waals surface area contributed by atoms with Gasteiger partial charge in [0, 0.05) is 24.1 Å². The van der Waals surface area contributed by atoms with E-state index in [9.17, 15) is 4.39 Å². The fourth-order valence-electron chi connectivity index (χ4n) is 1.46. The van der Waals surface area contributed by atoms with Crippen molar-refractivity contribution >= 4 is 23.3 Å². The Hall–Kier alpha value is -1.82. The fraction of sp³-hybridized carbons (Fsp3) is 0.333. The lowest BCUT2D eigenvalue weighted by Crippen LogP contribution is -1.96. The summed E-state index contributed by atoms with van der Waals surface area (Å²) >= 11 is 5.56. The Morgan fingerprint density at radius 1 is 1.42 bits per heavy atom. The van der Waals surface area contributed by atoms with Crippen LogP contribution in [0.1, 0.15) is 12.8 Å². The van der Waals surface area contributed by atoms with Crippen LogP contribution in [-0.4, -0.2) is 22.7 Å². The second-order valence-corrected chi connectivity index (χ2v) is 4.02. The molecule has 19 heavy (non-hydrogen) atoms. The van der Waals surface area contributed by atoms with Crippen LogP contribution in [0.15, 0.2) is 22.6 Å². The van der Waals surface area contributed by atoms with Gasteiger partial charge in [-0.15, -0.1) is 16.7 Å². The number of rotatable bonds is 6. The SMILES string of the molecule is CCOc1ccc(Nc2nnc(CCCl)o2)cc1F. The summed E-state index contributed by atoms with van der Waals surface area (Å²) in [6, 6.07) is 4.70. The number of ether oxygens (including phenoxy) is 1. The molecule has 1 heterocycles. The van der Waals surface area contributed by atoms with Gasteiger partial charge in [0.15, 0.2) is 11.6 Å². The van der Waals surface area contributed by atoms with Crippen molar-refractivity contribution in [1.29, 1.82) is 0 Å². The molecule has 1 N–H and O–H groups in total. The number of nitrogens with one attached hydrogen (secondary N) is 1. The van der Waals surface area contributed by atoms with Crippen molar-refractivity contribution in [3.05, 3.63) is 29.9 Å². The molecule has 0 amide bonds. The summed E-state index contributed by atoms with van der Waals surface area (Å²) in [5.74, 6) is 0.594. The smallest absolute Gasteiger partial charge is 0.320 e. The molecule has 102 valence electrons. The van der Waals surface area contributed by atoms with Crippen LogP contribution in [0.4, 0.5) is 16.1 Å². The van der Waals surface area contributed by atoms with Gasteiger partial charge in [0.05, 0.1) is 6.61 Å². The van der Waals surface area contributed by atoms with E-state index in [-0.39, 0.29) is 11.8 Å². The first-order chi connectivity index (χ1) is 9.22. The maximum Gasteiger partial charge on any atom is 0.320 e. The van der Waals surface area contributed by atoms with Crippen LogP contribution in [0, 0.1) is 5.82 Å². The van der Waals surface area contributed by atoms with E-state index in [1.165, 1.54) is 12.1 Å². The van der Waals surface area contributed by atoms with E-state index in [1.54, 1.807) is 13.0 Å². The third kappa shape index (κ3) is 3.57. The Labute approximate surface area is 114 Å². The van der Waals surface area contributed by atoms with Crippen molar-refractivity contribution in [2.45, 2.75) is 13.3 Å². The lowest BCUT2D eigenvalue weighted by molar-refractivity contribution is 0.321. The summed E-state index contributed by atoms with van der Waals surface area (Å²) < 4.78 is 24.0. The van der Waals surface area contributed by atoms with Crippen molar-refractivity contribution in [2.75, 3.05) is 17.8 Å². The molecule has 0 aliphatic rings. The number of hydrogen-bond acceptors (Lipinski definition) is 5. The Bertz CT molecular complexity index is 548. The molecule has 0 fully saturated rings. The molecule has 5 nitrogen and oxygen atoms in total. The van der Waals surface area contributed by atoms with E-state index < -0.39 is 5.82 Å². The van der Waals surface area contributed by atoms with Gasteiger partial charge in [0.2, 0.25) is 5.89 Å². The second kappa shape index (κ2) is 6.38. The van der Waals surface area contributed by atoms with Crippen molar-refractivity contribution < 1.29 is 13.5 Å². The largest absolute Gasteiger partial charge is 0.491 e. The lowest BCUT2D eigenvalue weighted by atomic mass is 10.3. The number of aromatic nitrogens is 2. The number of hydrogen-bond donors (Lipinski definition) is 1. The highest BCUT2D eigenvalue weighted by molar-refractivity contribution is 6.17. The molecule has 7 heteroatoms. The van der Waals surface area contributed by atoms with E-state index in [4.69, 9.17) is 20.8 Å². The Balaban J connectivity index is 2.07. The third-order valence-electron chi connectivity index (χ3n) is 2.26. The predicted molar refractivity (Wildman–Crippen MR) is 69.6 cm³/mol. The molecule has 2 rings (SSSR count). The molecule has 0 unspecified atom stereocenters. The number of anilines is 2. The first kappa shape index (κ1) is 13.6. The maximum absolute atomic E-state index is 13.6. The quantitative estimate of drug-likeness (QED) is 0.826. The molecule has 1 aromatic carbocycles. The van der Waals surface area contributed by atoms with Gasteiger partial charge in [0.1, 0.15) is 0 Å². The molecule has 0 radical (unpaired) electrons. The fourth-order valence-corrected chi connectivity index (χ4v) is 1.62. The molecule has 1 aromatic heterocycles. The first-order valence-electron chi connectivity index (χ1n) is 5.80. The van der Waals surface area contributed by atoms with Gasteiger partial charge < -0.3 is 14.5 Å². The Morgan fingerprint density at radius 2 is 2.26 bits per heavy atom. The van der Waals surface area contributed by atoms with Crippen molar-refractivity contribution in [3.8, 4) is 5.75 Å². The second-order valence-electron chi connectivity index (χ2n) is 3.64. The lowest BCUT2D eigenvalue weighted by Gasteiger charge is -2.06. The van der Waals surface area contributed by atoms with Gasteiger partial charge in [-0.3, -0.25) is 0 Å². The van der Waals surface area contributed by atoms with E-state index in [0.717, 1.165) is 0 Å². The zero-order chi connectivity index (χ0) is 13.7. The topological polar surface area (TPSA) is 60.2 Å². The minimum absolute atomic E-state index is 0.198. The van der Waals surface area contributed by atoms with E-state index >= 15 is 0 Å². The summed E-state index contributed by atoms with van der Waals surface area (Å²) in [7, 11) is 0. The molecule has 0 atom stereocenters. The summed E-state index contributed by atoms with van der Waals surface area (Å²) in [6.45, 7) is 2.21. The van der Waals surface area contributed by atoms with Crippen LogP contribution < -0.4 is 10.1 Å².